The van der Waals surface area contributed by atoms with E-state index in [4.69, 9.17) is 5.11 Å². The fourth-order valence-corrected chi connectivity index (χ4v) is 5.65. The zero-order valence-corrected chi connectivity index (χ0v) is 21.6. The number of halogens is 3. The molecule has 1 heterocycles. The maximum atomic E-state index is 13.5. The lowest BCUT2D eigenvalue weighted by molar-refractivity contribution is -0.137. The van der Waals surface area contributed by atoms with Crippen molar-refractivity contribution in [1.82, 2.24) is 3.97 Å². The quantitative estimate of drug-likeness (QED) is 0.262. The number of fused-ring (bicyclic) bond motifs is 1. The van der Waals surface area contributed by atoms with Crippen molar-refractivity contribution in [2.75, 3.05) is 5.75 Å². The lowest BCUT2D eigenvalue weighted by atomic mass is 10.0. The Labute approximate surface area is 218 Å². The molecule has 0 saturated carbocycles. The molecule has 0 aliphatic carbocycles. The third-order valence-electron chi connectivity index (χ3n) is 6.24. The Morgan fingerprint density at radius 3 is 2.21 bits per heavy atom. The van der Waals surface area contributed by atoms with E-state index in [1.54, 1.807) is 18.2 Å². The second-order valence-corrected chi connectivity index (χ2v) is 11.2. The van der Waals surface area contributed by atoms with Gasteiger partial charge in [0.1, 0.15) is 0 Å². The van der Waals surface area contributed by atoms with Crippen molar-refractivity contribution in [3.8, 4) is 0 Å². The van der Waals surface area contributed by atoms with Crippen molar-refractivity contribution < 1.29 is 31.5 Å². The van der Waals surface area contributed by atoms with Crippen LogP contribution in [0.15, 0.2) is 78.9 Å². The topological polar surface area (TPSA) is 76.4 Å². The van der Waals surface area contributed by atoms with Crippen LogP contribution in [0.2, 0.25) is 0 Å². The van der Waals surface area contributed by atoms with Gasteiger partial charge in [0, 0.05) is 17.5 Å². The van der Waals surface area contributed by atoms with Crippen molar-refractivity contribution in [2.24, 2.45) is 0 Å². The molecule has 5 nitrogen and oxygen atoms in total. The van der Waals surface area contributed by atoms with Crippen LogP contribution in [0.1, 0.15) is 58.1 Å². The number of aromatic carboxylic acids is 1. The van der Waals surface area contributed by atoms with E-state index in [-0.39, 0.29) is 34.3 Å². The second-order valence-electron chi connectivity index (χ2n) is 9.35. The first-order valence-electron chi connectivity index (χ1n) is 11.9. The molecule has 38 heavy (non-hydrogen) atoms. The number of benzene rings is 3. The van der Waals surface area contributed by atoms with Gasteiger partial charge in [-0.2, -0.15) is 13.2 Å². The van der Waals surface area contributed by atoms with Crippen LogP contribution >= 0.6 is 0 Å². The van der Waals surface area contributed by atoms with Gasteiger partial charge in [-0.05, 0) is 59.0 Å². The number of hydrogen-bond acceptors (Lipinski definition) is 3. The van der Waals surface area contributed by atoms with Gasteiger partial charge in [0.25, 0.3) is 0 Å². The van der Waals surface area contributed by atoms with Crippen LogP contribution in [0.5, 0.6) is 0 Å². The van der Waals surface area contributed by atoms with Gasteiger partial charge in [-0.1, -0.05) is 62.4 Å². The normalized spacial score (nSPS) is 12.6. The van der Waals surface area contributed by atoms with E-state index >= 15 is 0 Å². The highest BCUT2D eigenvalue weighted by Gasteiger charge is 2.31. The van der Waals surface area contributed by atoms with E-state index in [9.17, 15) is 26.4 Å². The fraction of sp³-hybridized carbons (Fsp3) is 0.207. The third-order valence-corrected chi connectivity index (χ3v) is 7.84. The molecule has 0 saturated heterocycles. The van der Waals surface area contributed by atoms with Gasteiger partial charge in [0.05, 0.1) is 22.4 Å². The van der Waals surface area contributed by atoms with Gasteiger partial charge >= 0.3 is 12.1 Å². The Morgan fingerprint density at radius 1 is 0.974 bits per heavy atom. The predicted octanol–water partition coefficient (Wildman–Crippen LogP) is 6.96. The zero-order chi connectivity index (χ0) is 27.7. The maximum Gasteiger partial charge on any atom is 0.416 e. The molecule has 0 spiro atoms. The molecule has 198 valence electrons. The molecule has 0 unspecified atom stereocenters. The maximum absolute atomic E-state index is 13.5. The van der Waals surface area contributed by atoms with Gasteiger partial charge in [0.2, 0.25) is 10.0 Å². The number of carboxylic acid groups (broad SMARTS) is 1. The molecular formula is C29H26F3NO4S. The Balaban J connectivity index is 1.71. The highest BCUT2D eigenvalue weighted by molar-refractivity contribution is 7.90. The van der Waals surface area contributed by atoms with E-state index in [1.807, 2.05) is 24.3 Å². The Kier molecular flexibility index (Phi) is 7.51. The molecule has 0 aliphatic rings. The first-order valence-corrected chi connectivity index (χ1v) is 13.5. The first kappa shape index (κ1) is 27.2. The summed E-state index contributed by atoms with van der Waals surface area (Å²) in [6.45, 7) is 4.16. The summed E-state index contributed by atoms with van der Waals surface area (Å²) in [5.41, 5.74) is 2.22. The van der Waals surface area contributed by atoms with Crippen LogP contribution in [0.25, 0.3) is 17.0 Å². The second kappa shape index (κ2) is 10.5. The molecule has 0 amide bonds. The minimum absolute atomic E-state index is 0.0725. The molecular weight excluding hydrogens is 515 g/mol. The molecule has 1 aromatic heterocycles. The number of alkyl halides is 3. The number of carbonyl (C=O) groups is 1. The molecule has 4 aromatic rings. The van der Waals surface area contributed by atoms with E-state index in [0.29, 0.717) is 11.5 Å². The van der Waals surface area contributed by atoms with Gasteiger partial charge in [-0.15, -0.1) is 0 Å². The van der Waals surface area contributed by atoms with Crippen molar-refractivity contribution >= 4 is 33.0 Å². The van der Waals surface area contributed by atoms with Crippen LogP contribution in [0, 0.1) is 0 Å². The largest absolute Gasteiger partial charge is 0.478 e. The molecule has 0 atom stereocenters. The van der Waals surface area contributed by atoms with Gasteiger partial charge < -0.3 is 5.11 Å². The summed E-state index contributed by atoms with van der Waals surface area (Å²) in [6, 6.07) is 18.1. The van der Waals surface area contributed by atoms with Crippen molar-refractivity contribution in [3.63, 3.8) is 0 Å². The Bertz CT molecular complexity index is 1600. The lowest BCUT2D eigenvalue weighted by Crippen LogP contribution is -2.18. The number of rotatable bonds is 8. The minimum atomic E-state index is -4.57. The smallest absolute Gasteiger partial charge is 0.416 e. The fourth-order valence-electron chi connectivity index (χ4n) is 4.22. The van der Waals surface area contributed by atoms with Gasteiger partial charge in [-0.25, -0.2) is 17.2 Å². The monoisotopic (exact) mass is 541 g/mol. The summed E-state index contributed by atoms with van der Waals surface area (Å²) in [5.74, 6) is -1.10. The van der Waals surface area contributed by atoms with Crippen LogP contribution < -0.4 is 0 Å². The summed E-state index contributed by atoms with van der Waals surface area (Å²) in [4.78, 5) is 11.2. The number of carboxylic acids is 1. The van der Waals surface area contributed by atoms with Crippen molar-refractivity contribution in [3.05, 3.63) is 112 Å². The molecule has 1 N–H and O–H groups in total. The molecule has 9 heteroatoms. The van der Waals surface area contributed by atoms with Crippen LogP contribution in [-0.2, 0) is 22.6 Å². The number of nitrogens with zero attached hydrogens (tertiary/aromatic N) is 1. The van der Waals surface area contributed by atoms with E-state index in [0.717, 1.165) is 27.2 Å². The molecule has 0 aliphatic heterocycles. The number of hydrogen-bond donors (Lipinski definition) is 1. The molecule has 0 radical (unpaired) electrons. The summed E-state index contributed by atoms with van der Waals surface area (Å²) in [5, 5.41) is 9.27. The van der Waals surface area contributed by atoms with E-state index in [1.165, 1.54) is 30.3 Å². The van der Waals surface area contributed by atoms with Crippen molar-refractivity contribution in [1.29, 1.82) is 0 Å². The predicted molar refractivity (Wildman–Crippen MR) is 142 cm³/mol. The molecule has 0 bridgehead atoms. The van der Waals surface area contributed by atoms with Crippen molar-refractivity contribution in [2.45, 2.75) is 32.4 Å². The summed E-state index contributed by atoms with van der Waals surface area (Å²) < 4.78 is 68.0. The molecule has 4 rings (SSSR count). The zero-order valence-electron chi connectivity index (χ0n) is 20.7. The third kappa shape index (κ3) is 5.99. The summed E-state index contributed by atoms with van der Waals surface area (Å²) in [7, 11) is -4.00. The van der Waals surface area contributed by atoms with E-state index in [2.05, 4.69) is 13.8 Å². The molecule has 0 fully saturated rings. The molecule has 3 aromatic carbocycles. The van der Waals surface area contributed by atoms with Crippen LogP contribution in [0.3, 0.4) is 0 Å². The summed E-state index contributed by atoms with van der Waals surface area (Å²) >= 11 is 0. The highest BCUT2D eigenvalue weighted by atomic mass is 32.2. The average Bonchev–Trinajstić information content (AvgIpc) is 3.22. The standard InChI is InChI=1S/C29H26F3NO4S/c1-19(2)22-9-5-20(6-10-22)4-3-15-38(36,37)33-26(16-21-7-11-23(12-8-21)28(34)35)18-24-17-25(29(30,31)32)13-14-27(24)33/h3-14,17-19H,15-16H2,1-2H3,(H,34,35). The van der Waals surface area contributed by atoms with E-state index < -0.39 is 27.7 Å². The lowest BCUT2D eigenvalue weighted by Gasteiger charge is -2.12. The Hall–Kier alpha value is -3.85. The highest BCUT2D eigenvalue weighted by Crippen LogP contribution is 2.33. The first-order chi connectivity index (χ1) is 17.8. The Morgan fingerprint density at radius 2 is 1.63 bits per heavy atom. The van der Waals surface area contributed by atoms with Gasteiger partial charge in [-0.3, -0.25) is 0 Å². The number of aromatic nitrogens is 1. The van der Waals surface area contributed by atoms with Gasteiger partial charge in [0.15, 0.2) is 0 Å². The SMILES string of the molecule is CC(C)c1ccc(C=CCS(=O)(=O)n2c(Cc3ccc(C(=O)O)cc3)cc3cc(C(F)(F)F)ccc32)cc1. The summed E-state index contributed by atoms with van der Waals surface area (Å²) in [6.07, 6.45) is -1.29. The van der Waals surface area contributed by atoms with Crippen LogP contribution in [-0.4, -0.2) is 29.2 Å². The van der Waals surface area contributed by atoms with Crippen LogP contribution in [0.4, 0.5) is 13.2 Å². The average molecular weight is 542 g/mol. The minimum Gasteiger partial charge on any atom is -0.478 e.